The van der Waals surface area contributed by atoms with Crippen molar-refractivity contribution in [2.75, 3.05) is 0 Å². The summed E-state index contributed by atoms with van der Waals surface area (Å²) < 4.78 is 9.51. The van der Waals surface area contributed by atoms with Gasteiger partial charge >= 0.3 is 0 Å². The Labute approximate surface area is 404 Å². The van der Waals surface area contributed by atoms with Gasteiger partial charge in [0.05, 0.1) is 44.1 Å². The second kappa shape index (κ2) is 16.2. The van der Waals surface area contributed by atoms with Gasteiger partial charge in [-0.05, 0) is 102 Å². The molecule has 328 valence electrons. The Bertz CT molecular complexity index is 4000. The van der Waals surface area contributed by atoms with Crippen molar-refractivity contribution in [2.24, 2.45) is 0 Å². The average molecular weight is 893 g/mol. The molecule has 0 unspecified atom stereocenters. The molecule has 15 aromatic rings. The van der Waals surface area contributed by atoms with Crippen LogP contribution in [-0.4, -0.2) is 18.3 Å². The topological polar surface area (TPSA) is 19.7 Å². The highest BCUT2D eigenvalue weighted by molar-refractivity contribution is 6.12. The summed E-state index contributed by atoms with van der Waals surface area (Å²) >= 11 is 0. The Morgan fingerprint density at radius 2 is 0.343 bits per heavy atom. The third-order valence-corrected chi connectivity index (χ3v) is 14.2. The first-order valence-electron chi connectivity index (χ1n) is 24.0. The molecular weight excluding hydrogens is 849 g/mol. The lowest BCUT2D eigenvalue weighted by Crippen LogP contribution is -1.98. The summed E-state index contributed by atoms with van der Waals surface area (Å²) in [6.07, 6.45) is 0. The predicted molar refractivity (Wildman–Crippen MR) is 296 cm³/mol. The smallest absolute Gasteiger partial charge is 0.0541 e. The molecule has 4 aromatic heterocycles. The monoisotopic (exact) mass is 892 g/mol. The quantitative estimate of drug-likeness (QED) is 0.164. The molecule has 0 aliphatic heterocycles. The lowest BCUT2D eigenvalue weighted by molar-refractivity contribution is 1.13. The number of aromatic nitrogens is 4. The predicted octanol–water partition coefficient (Wildman–Crippen LogP) is 17.4. The first-order chi connectivity index (χ1) is 34.8. The van der Waals surface area contributed by atoms with Crippen LogP contribution in [0.25, 0.3) is 121 Å². The third kappa shape index (κ3) is 6.24. The number of rotatable bonds is 5. The van der Waals surface area contributed by atoms with E-state index in [0.717, 1.165) is 0 Å². The highest BCUT2D eigenvalue weighted by atomic mass is 15.0. The van der Waals surface area contributed by atoms with Crippen LogP contribution < -0.4 is 0 Å². The van der Waals surface area contributed by atoms with E-state index in [1.54, 1.807) is 0 Å². The number of para-hydroxylation sites is 8. The van der Waals surface area contributed by atoms with Crippen molar-refractivity contribution in [1.82, 2.24) is 18.3 Å². The Morgan fingerprint density at radius 1 is 0.157 bits per heavy atom. The Kier molecular flexibility index (Phi) is 9.17. The summed E-state index contributed by atoms with van der Waals surface area (Å²) in [6.45, 7) is 0. The largest absolute Gasteiger partial charge is 0.309 e. The number of hydrogen-bond donors (Lipinski definition) is 0. The molecule has 0 atom stereocenters. The summed E-state index contributed by atoms with van der Waals surface area (Å²) in [5, 5.41) is 10.2. The summed E-state index contributed by atoms with van der Waals surface area (Å²) in [6, 6.07) is 96.0. The molecule has 15 rings (SSSR count). The molecule has 0 saturated carbocycles. The first-order valence-corrected chi connectivity index (χ1v) is 24.0. The van der Waals surface area contributed by atoms with Gasteiger partial charge in [-0.2, -0.15) is 0 Å². The van der Waals surface area contributed by atoms with Crippen molar-refractivity contribution in [1.29, 1.82) is 0 Å². The molecule has 70 heavy (non-hydrogen) atoms. The minimum absolute atomic E-state index is 1.17. The molecule has 0 aliphatic rings. The van der Waals surface area contributed by atoms with E-state index in [0.29, 0.717) is 0 Å². The second-order valence-electron chi connectivity index (χ2n) is 18.1. The fraction of sp³-hybridized carbons (Fsp3) is 0. The van der Waals surface area contributed by atoms with Crippen molar-refractivity contribution in [3.8, 4) is 33.9 Å². The zero-order valence-electron chi connectivity index (χ0n) is 38.2. The van der Waals surface area contributed by atoms with Crippen LogP contribution in [0.5, 0.6) is 0 Å². The molecule has 4 nitrogen and oxygen atoms in total. The second-order valence-corrected chi connectivity index (χ2v) is 18.1. The number of hydrogen-bond acceptors (Lipinski definition) is 0. The maximum Gasteiger partial charge on any atom is 0.0541 e. The lowest BCUT2D eigenvalue weighted by Gasteiger charge is -2.12. The van der Waals surface area contributed by atoms with Crippen molar-refractivity contribution < 1.29 is 0 Å². The molecule has 0 radical (unpaired) electrons. The normalized spacial score (nSPS) is 11.7. The van der Waals surface area contributed by atoms with Gasteiger partial charge in [-0.25, -0.2) is 0 Å². The van der Waals surface area contributed by atoms with Gasteiger partial charge < -0.3 is 18.3 Å². The molecule has 4 heterocycles. The van der Waals surface area contributed by atoms with E-state index in [1.165, 1.54) is 121 Å². The number of benzene rings is 11. The van der Waals surface area contributed by atoms with Gasteiger partial charge in [-0.15, -0.1) is 0 Å². The van der Waals surface area contributed by atoms with E-state index in [-0.39, 0.29) is 0 Å². The van der Waals surface area contributed by atoms with E-state index in [4.69, 9.17) is 0 Å². The van der Waals surface area contributed by atoms with Gasteiger partial charge in [0.2, 0.25) is 0 Å². The zero-order valence-corrected chi connectivity index (χ0v) is 38.2. The van der Waals surface area contributed by atoms with E-state index in [1.807, 2.05) is 0 Å². The summed E-state index contributed by atoms with van der Waals surface area (Å²) in [7, 11) is 0. The van der Waals surface area contributed by atoms with Gasteiger partial charge in [0.25, 0.3) is 0 Å². The van der Waals surface area contributed by atoms with Gasteiger partial charge in [-0.1, -0.05) is 176 Å². The van der Waals surface area contributed by atoms with Crippen LogP contribution in [0, 0.1) is 0 Å². The van der Waals surface area contributed by atoms with Crippen LogP contribution in [0.1, 0.15) is 0 Å². The minimum atomic E-state index is 1.17. The molecule has 0 fully saturated rings. The fourth-order valence-electron chi connectivity index (χ4n) is 11.2. The van der Waals surface area contributed by atoms with Crippen LogP contribution >= 0.6 is 0 Å². The summed E-state index contributed by atoms with van der Waals surface area (Å²) in [4.78, 5) is 0. The average Bonchev–Trinajstić information content (AvgIpc) is 4.17. The van der Waals surface area contributed by atoms with Gasteiger partial charge in [0.1, 0.15) is 0 Å². The summed E-state index contributed by atoms with van der Waals surface area (Å²) in [5.74, 6) is 0. The maximum absolute atomic E-state index is 2.38. The molecular formula is C66H44N4. The van der Waals surface area contributed by atoms with Gasteiger partial charge in [0.15, 0.2) is 0 Å². The third-order valence-electron chi connectivity index (χ3n) is 14.2. The van der Waals surface area contributed by atoms with Crippen LogP contribution in [0.4, 0.5) is 0 Å². The molecule has 0 N–H and O–H groups in total. The fourth-order valence-corrected chi connectivity index (χ4v) is 11.2. The maximum atomic E-state index is 2.38. The number of nitrogens with zero attached hydrogens (tertiary/aromatic N) is 4. The lowest BCUT2D eigenvalue weighted by atomic mass is 10.0. The Morgan fingerprint density at radius 3 is 0.571 bits per heavy atom. The molecule has 0 aliphatic carbocycles. The highest BCUT2D eigenvalue weighted by Gasteiger charge is 2.17. The van der Waals surface area contributed by atoms with Crippen molar-refractivity contribution >= 4 is 87.2 Å². The molecule has 0 amide bonds. The van der Waals surface area contributed by atoms with E-state index < -0.39 is 0 Å². The van der Waals surface area contributed by atoms with E-state index in [9.17, 15) is 0 Å². The van der Waals surface area contributed by atoms with Crippen LogP contribution in [-0.2, 0) is 0 Å². The SMILES string of the molecule is c1cc(-c2cccc(-n3c4ccccc4c4ccccc43)c2)cc(-n2c3ccccc3c3ccccc32)c1.c1cc(-n2c3ccccc3c3ccccc32)cc(-n2c3ccccc3c3ccccc32)c1. The minimum Gasteiger partial charge on any atom is -0.309 e. The van der Waals surface area contributed by atoms with Gasteiger partial charge in [0, 0.05) is 65.8 Å². The van der Waals surface area contributed by atoms with Crippen molar-refractivity contribution in [3.05, 3.63) is 267 Å². The zero-order chi connectivity index (χ0) is 46.1. The molecule has 0 bridgehead atoms. The van der Waals surface area contributed by atoms with Crippen LogP contribution in [0.2, 0.25) is 0 Å². The van der Waals surface area contributed by atoms with Crippen LogP contribution in [0.15, 0.2) is 267 Å². The highest BCUT2D eigenvalue weighted by Crippen LogP contribution is 2.38. The van der Waals surface area contributed by atoms with E-state index >= 15 is 0 Å². The summed E-state index contributed by atoms with van der Waals surface area (Å²) in [5.41, 5.74) is 16.9. The van der Waals surface area contributed by atoms with Crippen molar-refractivity contribution in [3.63, 3.8) is 0 Å². The van der Waals surface area contributed by atoms with Gasteiger partial charge in [-0.3, -0.25) is 0 Å². The first kappa shape index (κ1) is 39.8. The molecule has 11 aromatic carbocycles. The van der Waals surface area contributed by atoms with Crippen LogP contribution in [0.3, 0.4) is 0 Å². The Balaban J connectivity index is 0.000000133. The molecule has 0 saturated heterocycles. The standard InChI is InChI=1S/C36H24N2.C30H20N2/c1-5-19-33-29(15-1)30-16-2-6-20-34(30)37(33)27-13-9-11-25(23-27)26-12-10-14-28(24-26)38-35-21-7-3-17-31(35)32-18-4-8-22-36(32)38;1-5-16-27-23(12-1)24-13-2-6-17-28(24)31(27)21-10-9-11-22(20-21)32-29-18-7-3-14-25(29)26-15-4-8-19-30(26)32/h1-24H;1-20H. The van der Waals surface area contributed by atoms with E-state index in [2.05, 4.69) is 285 Å². The Hall–Kier alpha value is -9.38. The molecule has 4 heteroatoms. The van der Waals surface area contributed by atoms with Crippen molar-refractivity contribution in [2.45, 2.75) is 0 Å². The molecule has 0 spiro atoms. The number of fused-ring (bicyclic) bond motifs is 12.